The molecule has 0 fully saturated rings. The van der Waals surface area contributed by atoms with Crippen LogP contribution in [0.25, 0.3) is 10.2 Å². The number of ether oxygens (including phenoxy) is 2. The van der Waals surface area contributed by atoms with E-state index in [1.807, 2.05) is 0 Å². The Bertz CT molecular complexity index is 1100. The standard InChI is InChI=1S/C16H16N2O5S2/c1-18-12-6-5-11(9-15(12)24-16(18)19)25(20,21)17-10-4-7-13(22-2)14(8-10)23-3/h4-9,17H,1-3H3. The molecule has 1 N–H and O–H groups in total. The molecular formula is C16H16N2O5S2. The van der Waals surface area contributed by atoms with Crippen LogP contribution in [0.5, 0.6) is 11.5 Å². The lowest BCUT2D eigenvalue weighted by atomic mass is 10.3. The number of sulfonamides is 1. The number of fused-ring (bicyclic) bond motifs is 1. The van der Waals surface area contributed by atoms with Crippen molar-refractivity contribution in [1.82, 2.24) is 4.57 Å². The van der Waals surface area contributed by atoms with Crippen molar-refractivity contribution in [3.05, 3.63) is 46.1 Å². The molecule has 0 aliphatic heterocycles. The quantitative estimate of drug-likeness (QED) is 0.735. The van der Waals surface area contributed by atoms with Crippen molar-refractivity contribution in [3.63, 3.8) is 0 Å². The topological polar surface area (TPSA) is 86.6 Å². The molecule has 0 amide bonds. The van der Waals surface area contributed by atoms with Crippen LogP contribution in [-0.2, 0) is 17.1 Å². The molecule has 0 saturated heterocycles. The van der Waals surface area contributed by atoms with Crippen molar-refractivity contribution >= 4 is 37.3 Å². The van der Waals surface area contributed by atoms with Crippen molar-refractivity contribution in [3.8, 4) is 11.5 Å². The van der Waals surface area contributed by atoms with Gasteiger partial charge in [-0.1, -0.05) is 11.3 Å². The van der Waals surface area contributed by atoms with Crippen LogP contribution in [0.3, 0.4) is 0 Å². The van der Waals surface area contributed by atoms with E-state index in [-0.39, 0.29) is 9.77 Å². The molecule has 3 rings (SSSR count). The molecule has 0 unspecified atom stereocenters. The Morgan fingerprint density at radius 3 is 2.44 bits per heavy atom. The van der Waals surface area contributed by atoms with E-state index in [0.717, 1.165) is 11.3 Å². The molecule has 1 aromatic heterocycles. The van der Waals surface area contributed by atoms with Gasteiger partial charge in [0.15, 0.2) is 11.5 Å². The fraction of sp³-hybridized carbons (Fsp3) is 0.188. The highest BCUT2D eigenvalue weighted by Gasteiger charge is 2.17. The highest BCUT2D eigenvalue weighted by molar-refractivity contribution is 7.92. The molecule has 132 valence electrons. The Labute approximate surface area is 148 Å². The van der Waals surface area contributed by atoms with Gasteiger partial charge in [-0.2, -0.15) is 0 Å². The van der Waals surface area contributed by atoms with Crippen LogP contribution in [0.4, 0.5) is 5.69 Å². The number of thiazole rings is 1. The zero-order valence-corrected chi connectivity index (χ0v) is 15.4. The van der Waals surface area contributed by atoms with Crippen LogP contribution in [0, 0.1) is 0 Å². The Hall–Kier alpha value is -2.52. The zero-order chi connectivity index (χ0) is 18.2. The number of aryl methyl sites for hydroxylation is 1. The minimum Gasteiger partial charge on any atom is -0.493 e. The Morgan fingerprint density at radius 2 is 1.76 bits per heavy atom. The molecule has 0 bridgehead atoms. The number of nitrogens with one attached hydrogen (secondary N) is 1. The second kappa shape index (κ2) is 6.41. The predicted molar refractivity (Wildman–Crippen MR) is 97.4 cm³/mol. The molecule has 0 aliphatic carbocycles. The summed E-state index contributed by atoms with van der Waals surface area (Å²) in [6.07, 6.45) is 0. The summed E-state index contributed by atoms with van der Waals surface area (Å²) in [7, 11) is 0.822. The highest BCUT2D eigenvalue weighted by atomic mass is 32.2. The summed E-state index contributed by atoms with van der Waals surface area (Å²) in [6.45, 7) is 0. The first kappa shape index (κ1) is 17.3. The van der Waals surface area contributed by atoms with Crippen LogP contribution in [-0.4, -0.2) is 27.2 Å². The maximum atomic E-state index is 12.6. The van der Waals surface area contributed by atoms with Gasteiger partial charge in [0, 0.05) is 13.1 Å². The van der Waals surface area contributed by atoms with Crippen molar-refractivity contribution in [2.24, 2.45) is 7.05 Å². The van der Waals surface area contributed by atoms with Gasteiger partial charge in [0.05, 0.1) is 35.0 Å². The van der Waals surface area contributed by atoms with Crippen LogP contribution in [0.15, 0.2) is 46.1 Å². The number of hydrogen-bond acceptors (Lipinski definition) is 6. The minimum atomic E-state index is -3.80. The number of benzene rings is 2. The summed E-state index contributed by atoms with van der Waals surface area (Å²) in [4.78, 5) is 11.7. The SMILES string of the molecule is COc1ccc(NS(=O)(=O)c2ccc3c(c2)sc(=O)n3C)cc1OC. The molecule has 7 nitrogen and oxygen atoms in total. The average molecular weight is 380 g/mol. The van der Waals surface area contributed by atoms with Gasteiger partial charge < -0.3 is 14.0 Å². The van der Waals surface area contributed by atoms with Crippen molar-refractivity contribution in [1.29, 1.82) is 0 Å². The van der Waals surface area contributed by atoms with Crippen LogP contribution >= 0.6 is 11.3 Å². The lowest BCUT2D eigenvalue weighted by molar-refractivity contribution is 0.355. The van der Waals surface area contributed by atoms with E-state index in [0.29, 0.717) is 27.4 Å². The normalized spacial score (nSPS) is 11.5. The summed E-state index contributed by atoms with van der Waals surface area (Å²) >= 11 is 1.00. The maximum absolute atomic E-state index is 12.6. The minimum absolute atomic E-state index is 0.0802. The van der Waals surface area contributed by atoms with Gasteiger partial charge in [0.25, 0.3) is 10.0 Å². The first-order chi connectivity index (χ1) is 11.9. The molecule has 9 heteroatoms. The lowest BCUT2D eigenvalue weighted by Crippen LogP contribution is -2.13. The molecule has 25 heavy (non-hydrogen) atoms. The van der Waals surface area contributed by atoms with Crippen LogP contribution in [0.2, 0.25) is 0 Å². The third-order valence-electron chi connectivity index (χ3n) is 3.71. The van der Waals surface area contributed by atoms with Gasteiger partial charge >= 0.3 is 4.87 Å². The van der Waals surface area contributed by atoms with E-state index in [4.69, 9.17) is 9.47 Å². The van der Waals surface area contributed by atoms with Crippen LogP contribution < -0.4 is 19.1 Å². The first-order valence-corrected chi connectivity index (χ1v) is 9.50. The Morgan fingerprint density at radius 1 is 1.04 bits per heavy atom. The van der Waals surface area contributed by atoms with Gasteiger partial charge in [0.2, 0.25) is 0 Å². The third-order valence-corrected chi connectivity index (χ3v) is 6.08. The van der Waals surface area contributed by atoms with Gasteiger partial charge in [-0.25, -0.2) is 8.42 Å². The van der Waals surface area contributed by atoms with Crippen molar-refractivity contribution < 1.29 is 17.9 Å². The number of nitrogens with zero attached hydrogens (tertiary/aromatic N) is 1. The molecule has 2 aromatic carbocycles. The predicted octanol–water partition coefficient (Wildman–Crippen LogP) is 2.42. The summed E-state index contributed by atoms with van der Waals surface area (Å²) in [5, 5.41) is 0. The van der Waals surface area contributed by atoms with Gasteiger partial charge in [0.1, 0.15) is 0 Å². The third kappa shape index (κ3) is 3.20. The number of methoxy groups -OCH3 is 2. The molecule has 0 saturated carbocycles. The smallest absolute Gasteiger partial charge is 0.307 e. The van der Waals surface area contributed by atoms with Gasteiger partial charge in [-0.3, -0.25) is 9.52 Å². The van der Waals surface area contributed by atoms with E-state index >= 15 is 0 Å². The highest BCUT2D eigenvalue weighted by Crippen LogP contribution is 2.31. The Balaban J connectivity index is 1.98. The van der Waals surface area contributed by atoms with E-state index in [1.165, 1.54) is 37.0 Å². The maximum Gasteiger partial charge on any atom is 0.307 e. The Kier molecular flexibility index (Phi) is 4.44. The van der Waals surface area contributed by atoms with E-state index in [9.17, 15) is 13.2 Å². The average Bonchev–Trinajstić information content (AvgIpc) is 2.88. The lowest BCUT2D eigenvalue weighted by Gasteiger charge is -2.12. The number of hydrogen-bond donors (Lipinski definition) is 1. The summed E-state index contributed by atoms with van der Waals surface area (Å²) in [5.74, 6) is 0.917. The second-order valence-electron chi connectivity index (χ2n) is 5.23. The first-order valence-electron chi connectivity index (χ1n) is 7.20. The second-order valence-corrected chi connectivity index (χ2v) is 7.91. The number of aromatic nitrogens is 1. The van der Waals surface area contributed by atoms with Gasteiger partial charge in [-0.15, -0.1) is 0 Å². The molecule has 0 spiro atoms. The number of rotatable bonds is 5. The fourth-order valence-corrected chi connectivity index (χ4v) is 4.46. The van der Waals surface area contributed by atoms with Crippen LogP contribution in [0.1, 0.15) is 0 Å². The van der Waals surface area contributed by atoms with Crippen molar-refractivity contribution in [2.45, 2.75) is 4.90 Å². The zero-order valence-electron chi connectivity index (χ0n) is 13.8. The van der Waals surface area contributed by atoms with E-state index in [2.05, 4.69) is 4.72 Å². The number of anilines is 1. The van der Waals surface area contributed by atoms with Gasteiger partial charge in [-0.05, 0) is 30.3 Å². The van der Waals surface area contributed by atoms with E-state index < -0.39 is 10.0 Å². The summed E-state index contributed by atoms with van der Waals surface area (Å²) in [5.41, 5.74) is 1.04. The molecular weight excluding hydrogens is 364 g/mol. The monoisotopic (exact) mass is 380 g/mol. The molecule has 0 aliphatic rings. The summed E-state index contributed by atoms with van der Waals surface area (Å²) < 4.78 is 40.2. The largest absolute Gasteiger partial charge is 0.493 e. The van der Waals surface area contributed by atoms with E-state index in [1.54, 1.807) is 25.2 Å². The van der Waals surface area contributed by atoms with Crippen molar-refractivity contribution in [2.75, 3.05) is 18.9 Å². The molecule has 1 heterocycles. The molecule has 0 radical (unpaired) electrons. The molecule has 3 aromatic rings. The fourth-order valence-electron chi connectivity index (χ4n) is 2.40. The summed E-state index contributed by atoms with van der Waals surface area (Å²) in [6, 6.07) is 9.31. The molecule has 0 atom stereocenters.